The Balaban J connectivity index is 2.55. The molecule has 0 aromatic carbocycles. The van der Waals surface area contributed by atoms with Gasteiger partial charge in [-0.25, -0.2) is 0 Å². The van der Waals surface area contributed by atoms with Crippen molar-refractivity contribution in [2.75, 3.05) is 12.3 Å². The maximum Gasteiger partial charge on any atom is 0.288 e. The number of aromatic nitrogens is 3. The first kappa shape index (κ1) is 12.4. The third kappa shape index (κ3) is 3.50. The van der Waals surface area contributed by atoms with Gasteiger partial charge in [-0.1, -0.05) is 13.8 Å². The predicted molar refractivity (Wildman–Crippen MR) is 58.6 cm³/mol. The number of hydrogen-bond acceptors (Lipinski definition) is 5. The van der Waals surface area contributed by atoms with E-state index in [4.69, 9.17) is 10.8 Å². The van der Waals surface area contributed by atoms with Crippen LogP contribution in [0.2, 0.25) is 0 Å². The number of hydrogen-bond donors (Lipinski definition) is 4. The summed E-state index contributed by atoms with van der Waals surface area (Å²) in [6.07, 6.45) is 0.700. The number of nitrogen functional groups attached to an aromatic ring is 1. The Bertz CT molecular complexity index is 349. The minimum absolute atomic E-state index is 0.0227. The molecule has 0 saturated carbocycles. The quantitative estimate of drug-likeness (QED) is 0.542. The fourth-order valence-electron chi connectivity index (χ4n) is 1.38. The highest BCUT2D eigenvalue weighted by Crippen LogP contribution is 2.04. The number of carbonyl (C=O) groups is 1. The first-order chi connectivity index (χ1) is 7.52. The van der Waals surface area contributed by atoms with E-state index >= 15 is 0 Å². The van der Waals surface area contributed by atoms with Crippen LogP contribution in [0.5, 0.6) is 0 Å². The molecule has 7 heteroatoms. The lowest BCUT2D eigenvalue weighted by Gasteiger charge is -2.17. The average Bonchev–Trinajstić information content (AvgIpc) is 2.63. The van der Waals surface area contributed by atoms with Crippen molar-refractivity contribution < 1.29 is 9.90 Å². The number of aliphatic hydroxyl groups excluding tert-OH is 1. The van der Waals surface area contributed by atoms with Crippen molar-refractivity contribution in [3.63, 3.8) is 0 Å². The summed E-state index contributed by atoms with van der Waals surface area (Å²) in [7, 11) is 0. The molecule has 16 heavy (non-hydrogen) atoms. The molecule has 0 radical (unpaired) electrons. The van der Waals surface area contributed by atoms with Crippen molar-refractivity contribution in [2.24, 2.45) is 5.92 Å². The summed E-state index contributed by atoms with van der Waals surface area (Å²) < 4.78 is 0. The Kier molecular flexibility index (Phi) is 4.24. The Morgan fingerprint density at radius 2 is 2.31 bits per heavy atom. The molecule has 0 saturated heterocycles. The molecule has 1 aromatic rings. The van der Waals surface area contributed by atoms with Gasteiger partial charge in [0, 0.05) is 0 Å². The second-order valence-electron chi connectivity index (χ2n) is 4.02. The summed E-state index contributed by atoms with van der Waals surface area (Å²) in [5.74, 6) is 0.0513. The Morgan fingerprint density at radius 3 is 2.75 bits per heavy atom. The van der Waals surface area contributed by atoms with Gasteiger partial charge in [0.2, 0.25) is 11.8 Å². The average molecular weight is 227 g/mol. The topological polar surface area (TPSA) is 117 Å². The molecule has 0 bridgehead atoms. The van der Waals surface area contributed by atoms with Crippen LogP contribution < -0.4 is 11.1 Å². The van der Waals surface area contributed by atoms with Gasteiger partial charge in [0.25, 0.3) is 5.91 Å². The summed E-state index contributed by atoms with van der Waals surface area (Å²) in [4.78, 5) is 15.3. The van der Waals surface area contributed by atoms with E-state index in [1.54, 1.807) is 0 Å². The molecule has 7 nitrogen and oxygen atoms in total. The maximum absolute atomic E-state index is 11.6. The Hall–Kier alpha value is -1.63. The highest BCUT2D eigenvalue weighted by molar-refractivity contribution is 5.90. The lowest BCUT2D eigenvalue weighted by Crippen LogP contribution is -2.38. The van der Waals surface area contributed by atoms with Crippen molar-refractivity contribution in [3.8, 4) is 0 Å². The molecule has 1 heterocycles. The van der Waals surface area contributed by atoms with Gasteiger partial charge in [0.15, 0.2) is 0 Å². The van der Waals surface area contributed by atoms with E-state index < -0.39 is 5.91 Å². The van der Waals surface area contributed by atoms with Gasteiger partial charge in [0.05, 0.1) is 12.6 Å². The van der Waals surface area contributed by atoms with Crippen LogP contribution >= 0.6 is 0 Å². The van der Waals surface area contributed by atoms with Gasteiger partial charge in [-0.15, -0.1) is 5.10 Å². The first-order valence-corrected chi connectivity index (χ1v) is 5.12. The van der Waals surface area contributed by atoms with E-state index in [2.05, 4.69) is 20.5 Å². The van der Waals surface area contributed by atoms with Crippen LogP contribution in [0.1, 0.15) is 30.9 Å². The zero-order valence-electron chi connectivity index (χ0n) is 9.40. The summed E-state index contributed by atoms with van der Waals surface area (Å²) in [5.41, 5.74) is 5.28. The number of aromatic amines is 1. The lowest BCUT2D eigenvalue weighted by atomic mass is 10.0. The molecule has 5 N–H and O–H groups in total. The lowest BCUT2D eigenvalue weighted by molar-refractivity contribution is 0.0898. The van der Waals surface area contributed by atoms with E-state index in [0.717, 1.165) is 0 Å². The van der Waals surface area contributed by atoms with Gasteiger partial charge in [-0.3, -0.25) is 9.89 Å². The number of nitrogens with two attached hydrogens (primary N) is 1. The van der Waals surface area contributed by atoms with Crippen molar-refractivity contribution in [1.29, 1.82) is 0 Å². The van der Waals surface area contributed by atoms with Gasteiger partial charge in [-0.05, 0) is 12.3 Å². The minimum atomic E-state index is -0.413. The third-order valence-electron chi connectivity index (χ3n) is 2.03. The van der Waals surface area contributed by atoms with Gasteiger partial charge in [0.1, 0.15) is 0 Å². The van der Waals surface area contributed by atoms with Crippen LogP contribution in [0.25, 0.3) is 0 Å². The number of rotatable bonds is 5. The molecule has 0 fully saturated rings. The van der Waals surface area contributed by atoms with E-state index in [-0.39, 0.29) is 24.4 Å². The fourth-order valence-corrected chi connectivity index (χ4v) is 1.38. The number of nitrogens with zero attached hydrogens (tertiary/aromatic N) is 2. The largest absolute Gasteiger partial charge is 0.394 e. The predicted octanol–water partition coefficient (Wildman–Crippen LogP) is -0.476. The number of H-pyrrole nitrogens is 1. The molecule has 1 unspecified atom stereocenters. The smallest absolute Gasteiger partial charge is 0.288 e. The molecule has 0 aliphatic carbocycles. The number of carbonyl (C=O) groups excluding carboxylic acids is 1. The van der Waals surface area contributed by atoms with Gasteiger partial charge >= 0.3 is 0 Å². The molecule has 0 aliphatic heterocycles. The van der Waals surface area contributed by atoms with Crippen LogP contribution in [-0.2, 0) is 0 Å². The van der Waals surface area contributed by atoms with E-state index in [1.807, 2.05) is 13.8 Å². The number of amides is 1. The number of nitrogens with one attached hydrogen (secondary N) is 2. The second kappa shape index (κ2) is 5.45. The monoisotopic (exact) mass is 227 g/mol. The Morgan fingerprint density at radius 1 is 1.62 bits per heavy atom. The SMILES string of the molecule is CC(C)CC(CO)NC(=O)c1nc(N)n[nH]1. The van der Waals surface area contributed by atoms with Crippen molar-refractivity contribution in [1.82, 2.24) is 20.5 Å². The molecule has 90 valence electrons. The zero-order chi connectivity index (χ0) is 12.1. The van der Waals surface area contributed by atoms with Crippen molar-refractivity contribution >= 4 is 11.9 Å². The van der Waals surface area contributed by atoms with E-state index in [1.165, 1.54) is 0 Å². The summed E-state index contributed by atoms with van der Waals surface area (Å²) in [6, 6.07) is -0.279. The normalized spacial score (nSPS) is 12.8. The van der Waals surface area contributed by atoms with Crippen LogP contribution in [0.15, 0.2) is 0 Å². The van der Waals surface area contributed by atoms with E-state index in [0.29, 0.717) is 12.3 Å². The number of anilines is 1. The van der Waals surface area contributed by atoms with Crippen molar-refractivity contribution in [2.45, 2.75) is 26.3 Å². The second-order valence-corrected chi connectivity index (χ2v) is 4.02. The maximum atomic E-state index is 11.6. The molecule has 0 spiro atoms. The summed E-state index contributed by atoms with van der Waals surface area (Å²) >= 11 is 0. The molecule has 1 amide bonds. The van der Waals surface area contributed by atoms with Crippen molar-refractivity contribution in [3.05, 3.63) is 5.82 Å². The molecule has 1 aromatic heterocycles. The van der Waals surface area contributed by atoms with E-state index in [9.17, 15) is 4.79 Å². The highest BCUT2D eigenvalue weighted by Gasteiger charge is 2.16. The zero-order valence-corrected chi connectivity index (χ0v) is 9.40. The highest BCUT2D eigenvalue weighted by atomic mass is 16.3. The molecule has 0 aliphatic rings. The standard InChI is InChI=1S/C9H17N5O2/c1-5(2)3-6(4-15)11-8(16)7-12-9(10)14-13-7/h5-6,15H,3-4H2,1-2H3,(H,11,16)(H3,10,12,13,14). The number of aliphatic hydroxyl groups is 1. The summed E-state index contributed by atoms with van der Waals surface area (Å²) in [6.45, 7) is 3.93. The van der Waals surface area contributed by atoms with Crippen LogP contribution in [0.4, 0.5) is 5.95 Å². The van der Waals surface area contributed by atoms with Crippen LogP contribution in [-0.4, -0.2) is 38.8 Å². The third-order valence-corrected chi connectivity index (χ3v) is 2.03. The van der Waals surface area contributed by atoms with Crippen LogP contribution in [0, 0.1) is 5.92 Å². The molecular formula is C9H17N5O2. The fraction of sp³-hybridized carbons (Fsp3) is 0.667. The minimum Gasteiger partial charge on any atom is -0.394 e. The molecule has 1 atom stereocenters. The van der Waals surface area contributed by atoms with Crippen LogP contribution in [0.3, 0.4) is 0 Å². The van der Waals surface area contributed by atoms with Gasteiger partial charge in [-0.2, -0.15) is 4.98 Å². The Labute approximate surface area is 93.4 Å². The first-order valence-electron chi connectivity index (χ1n) is 5.12. The molecule has 1 rings (SSSR count). The molecular weight excluding hydrogens is 210 g/mol. The summed E-state index contributed by atoms with van der Waals surface area (Å²) in [5, 5.41) is 17.7. The van der Waals surface area contributed by atoms with Gasteiger partial charge < -0.3 is 16.2 Å².